The summed E-state index contributed by atoms with van der Waals surface area (Å²) >= 11 is 0. The van der Waals surface area contributed by atoms with Crippen LogP contribution in [-0.2, 0) is 28.6 Å². The van der Waals surface area contributed by atoms with Gasteiger partial charge >= 0.3 is 17.9 Å². The molecule has 0 aliphatic heterocycles. The Morgan fingerprint density at radius 2 is 0.544 bits per heavy atom. The summed E-state index contributed by atoms with van der Waals surface area (Å²) in [6, 6.07) is 0. The van der Waals surface area contributed by atoms with Gasteiger partial charge in [0.05, 0.1) is 0 Å². The van der Waals surface area contributed by atoms with Gasteiger partial charge in [-0.25, -0.2) is 0 Å². The Kier molecular flexibility index (Phi) is 55.2. The van der Waals surface area contributed by atoms with Crippen molar-refractivity contribution in [1.29, 1.82) is 0 Å². The average Bonchev–Trinajstić information content (AvgIpc) is 3.34. The second kappa shape index (κ2) is 57.2. The van der Waals surface area contributed by atoms with E-state index in [0.29, 0.717) is 19.3 Å². The number of hydrogen-bond acceptors (Lipinski definition) is 6. The van der Waals surface area contributed by atoms with E-state index in [1.165, 1.54) is 218 Å². The Hall–Kier alpha value is -2.37. The molecule has 0 aliphatic rings. The largest absolute Gasteiger partial charge is 0.462 e. The molecule has 0 fully saturated rings. The molecule has 0 saturated carbocycles. The van der Waals surface area contributed by atoms with E-state index in [1.54, 1.807) is 0 Å². The average molecular weight is 956 g/mol. The highest BCUT2D eigenvalue weighted by molar-refractivity contribution is 5.71. The molecule has 0 rings (SSSR count). The van der Waals surface area contributed by atoms with Gasteiger partial charge in [-0.3, -0.25) is 14.4 Å². The zero-order valence-corrected chi connectivity index (χ0v) is 45.6. The Labute approximate surface area is 423 Å². The van der Waals surface area contributed by atoms with Crippen molar-refractivity contribution in [2.75, 3.05) is 13.2 Å². The van der Waals surface area contributed by atoms with Crippen molar-refractivity contribution in [2.24, 2.45) is 0 Å². The number of unbranched alkanes of at least 4 members (excludes halogenated alkanes) is 38. The molecule has 0 bridgehead atoms. The Morgan fingerprint density at radius 1 is 0.294 bits per heavy atom. The highest BCUT2D eigenvalue weighted by Crippen LogP contribution is 2.17. The second-order valence-corrected chi connectivity index (χ2v) is 20.3. The quantitative estimate of drug-likeness (QED) is 0.0262. The fraction of sp³-hybridized carbons (Fsp3) is 0.855. The molecule has 1 atom stereocenters. The van der Waals surface area contributed by atoms with Crippen LogP contribution in [-0.4, -0.2) is 37.2 Å². The lowest BCUT2D eigenvalue weighted by Gasteiger charge is -2.18. The van der Waals surface area contributed by atoms with Crippen LogP contribution in [0.2, 0.25) is 0 Å². The van der Waals surface area contributed by atoms with Crippen molar-refractivity contribution in [1.82, 2.24) is 0 Å². The zero-order chi connectivity index (χ0) is 49.3. The Bertz CT molecular complexity index is 1140. The summed E-state index contributed by atoms with van der Waals surface area (Å²) in [5, 5.41) is 0. The molecule has 398 valence electrons. The summed E-state index contributed by atoms with van der Waals surface area (Å²) in [5.74, 6) is -0.918. The number of hydrogen-bond donors (Lipinski definition) is 0. The molecule has 0 spiro atoms. The third kappa shape index (κ3) is 54.6. The van der Waals surface area contributed by atoms with Gasteiger partial charge in [0.1, 0.15) is 13.2 Å². The third-order valence-electron chi connectivity index (χ3n) is 13.4. The summed E-state index contributed by atoms with van der Waals surface area (Å²) in [5.41, 5.74) is 0. The van der Waals surface area contributed by atoms with Crippen LogP contribution < -0.4 is 0 Å². The van der Waals surface area contributed by atoms with E-state index >= 15 is 0 Å². The topological polar surface area (TPSA) is 78.9 Å². The summed E-state index contributed by atoms with van der Waals surface area (Å²) in [6.07, 6.45) is 68.6. The lowest BCUT2D eigenvalue weighted by atomic mass is 10.0. The molecule has 0 aromatic carbocycles. The van der Waals surface area contributed by atoms with E-state index in [1.807, 2.05) is 0 Å². The normalized spacial score (nSPS) is 12.2. The first-order valence-electron chi connectivity index (χ1n) is 30.0. The highest BCUT2D eigenvalue weighted by atomic mass is 16.6. The van der Waals surface area contributed by atoms with Crippen LogP contribution in [0.3, 0.4) is 0 Å². The van der Waals surface area contributed by atoms with Crippen molar-refractivity contribution in [3.63, 3.8) is 0 Å². The van der Waals surface area contributed by atoms with Crippen LogP contribution >= 0.6 is 0 Å². The molecule has 0 aliphatic carbocycles. The SMILES string of the molecule is CCCCCCCC/C=C\C/C=C\C/C=C\CCCC(=O)OC(COC(=O)CCCCCCCCCCCCCCCCC)COC(=O)CCCCCCCCCCCCCCCCCCCC. The van der Waals surface area contributed by atoms with Gasteiger partial charge in [0.15, 0.2) is 6.10 Å². The van der Waals surface area contributed by atoms with E-state index in [2.05, 4.69) is 57.2 Å². The molecule has 68 heavy (non-hydrogen) atoms. The van der Waals surface area contributed by atoms with Gasteiger partial charge in [0, 0.05) is 19.3 Å². The van der Waals surface area contributed by atoms with E-state index in [-0.39, 0.29) is 37.5 Å². The van der Waals surface area contributed by atoms with Gasteiger partial charge in [-0.15, -0.1) is 0 Å². The highest BCUT2D eigenvalue weighted by Gasteiger charge is 2.19. The minimum atomic E-state index is -0.794. The first-order valence-corrected chi connectivity index (χ1v) is 30.0. The number of rotatable bonds is 55. The smallest absolute Gasteiger partial charge is 0.306 e. The molecule has 0 aromatic rings. The van der Waals surface area contributed by atoms with Crippen LogP contribution in [0.4, 0.5) is 0 Å². The fourth-order valence-electron chi connectivity index (χ4n) is 8.87. The maximum Gasteiger partial charge on any atom is 0.306 e. The second-order valence-electron chi connectivity index (χ2n) is 20.3. The lowest BCUT2D eigenvalue weighted by Crippen LogP contribution is -2.30. The number of carbonyl (C=O) groups excluding carboxylic acids is 3. The molecule has 6 heteroatoms. The van der Waals surface area contributed by atoms with Crippen LogP contribution in [0.5, 0.6) is 0 Å². The van der Waals surface area contributed by atoms with Gasteiger partial charge in [-0.2, -0.15) is 0 Å². The fourth-order valence-corrected chi connectivity index (χ4v) is 8.87. The number of allylic oxidation sites excluding steroid dienone is 6. The van der Waals surface area contributed by atoms with Crippen molar-refractivity contribution in [2.45, 2.75) is 329 Å². The monoisotopic (exact) mass is 955 g/mol. The van der Waals surface area contributed by atoms with Gasteiger partial charge in [-0.1, -0.05) is 288 Å². The van der Waals surface area contributed by atoms with Crippen LogP contribution in [0.15, 0.2) is 36.5 Å². The molecule has 0 N–H and O–H groups in total. The zero-order valence-electron chi connectivity index (χ0n) is 45.6. The molecule has 0 heterocycles. The first kappa shape index (κ1) is 65.6. The number of esters is 3. The standard InChI is InChI=1S/C62H114O6/c1-4-7-10-13-16-19-22-25-28-30-32-34-37-40-43-46-49-52-55-61(64)67-58-59(57-66-60(63)54-51-48-45-42-39-36-33-27-24-21-18-15-12-9-6-3)68-62(65)56-53-50-47-44-41-38-35-31-29-26-23-20-17-14-11-8-5-2/h26,29,35,38,44,47,59H,4-25,27-28,30-34,36-37,39-43,45-46,48-58H2,1-3H3/b29-26-,38-35-,47-44-. The van der Waals surface area contributed by atoms with Gasteiger partial charge in [-0.05, 0) is 51.4 Å². The molecule has 0 amide bonds. The third-order valence-corrected chi connectivity index (χ3v) is 13.4. The van der Waals surface area contributed by atoms with Crippen molar-refractivity contribution < 1.29 is 28.6 Å². The van der Waals surface area contributed by atoms with Crippen LogP contribution in [0.1, 0.15) is 323 Å². The van der Waals surface area contributed by atoms with E-state index in [9.17, 15) is 14.4 Å². The molecule has 0 aromatic heterocycles. The van der Waals surface area contributed by atoms with Crippen molar-refractivity contribution in [3.05, 3.63) is 36.5 Å². The summed E-state index contributed by atoms with van der Waals surface area (Å²) < 4.78 is 16.9. The van der Waals surface area contributed by atoms with E-state index < -0.39 is 6.10 Å². The molecule has 6 nitrogen and oxygen atoms in total. The van der Waals surface area contributed by atoms with Gasteiger partial charge in [0.2, 0.25) is 0 Å². The number of ether oxygens (including phenoxy) is 3. The minimum Gasteiger partial charge on any atom is -0.462 e. The number of carbonyl (C=O) groups is 3. The molecule has 1 unspecified atom stereocenters. The lowest BCUT2D eigenvalue weighted by molar-refractivity contribution is -0.167. The van der Waals surface area contributed by atoms with Gasteiger partial charge in [0.25, 0.3) is 0 Å². The van der Waals surface area contributed by atoms with E-state index in [4.69, 9.17) is 14.2 Å². The van der Waals surface area contributed by atoms with Crippen molar-refractivity contribution in [3.8, 4) is 0 Å². The molecule has 0 radical (unpaired) electrons. The Morgan fingerprint density at radius 3 is 0.868 bits per heavy atom. The predicted molar refractivity (Wildman–Crippen MR) is 293 cm³/mol. The predicted octanol–water partition coefficient (Wildman–Crippen LogP) is 20.0. The van der Waals surface area contributed by atoms with Crippen molar-refractivity contribution >= 4 is 17.9 Å². The van der Waals surface area contributed by atoms with Crippen LogP contribution in [0.25, 0.3) is 0 Å². The van der Waals surface area contributed by atoms with Crippen LogP contribution in [0, 0.1) is 0 Å². The molecular formula is C62H114O6. The van der Waals surface area contributed by atoms with E-state index in [0.717, 1.165) is 57.8 Å². The summed E-state index contributed by atoms with van der Waals surface area (Å²) in [4.78, 5) is 38.2. The maximum absolute atomic E-state index is 12.8. The molecular weight excluding hydrogens is 841 g/mol. The van der Waals surface area contributed by atoms with Gasteiger partial charge < -0.3 is 14.2 Å². The summed E-state index contributed by atoms with van der Waals surface area (Å²) in [7, 11) is 0. The minimum absolute atomic E-state index is 0.0870. The first-order chi connectivity index (χ1) is 33.5. The maximum atomic E-state index is 12.8. The summed E-state index contributed by atoms with van der Waals surface area (Å²) in [6.45, 7) is 6.64. The molecule has 0 saturated heterocycles. The Balaban J connectivity index is 4.39.